The second-order valence-electron chi connectivity index (χ2n) is 8.10. The number of anilines is 1. The Labute approximate surface area is 186 Å². The molecule has 0 bridgehead atoms. The van der Waals surface area contributed by atoms with Crippen LogP contribution < -0.4 is 9.64 Å². The highest BCUT2D eigenvalue weighted by Gasteiger charge is 2.38. The van der Waals surface area contributed by atoms with Crippen molar-refractivity contribution < 1.29 is 19.1 Å². The van der Waals surface area contributed by atoms with Crippen LogP contribution in [0.2, 0.25) is 0 Å². The number of hydrogen-bond acceptors (Lipinski definition) is 6. The molecule has 1 aromatic heterocycles. The maximum Gasteiger partial charge on any atom is 0.363 e. The van der Waals surface area contributed by atoms with Crippen LogP contribution in [0.25, 0.3) is 5.69 Å². The molecule has 3 aromatic rings. The van der Waals surface area contributed by atoms with Crippen molar-refractivity contribution >= 4 is 17.4 Å². The number of nitrogens with zero attached hydrogens (tertiary/aromatic N) is 3. The number of benzene rings is 2. The Morgan fingerprint density at radius 2 is 1.75 bits per heavy atom. The first-order valence-corrected chi connectivity index (χ1v) is 10.3. The van der Waals surface area contributed by atoms with Crippen molar-refractivity contribution in [3.8, 4) is 11.4 Å². The number of ketones is 1. The van der Waals surface area contributed by atoms with Crippen molar-refractivity contribution in [2.24, 2.45) is 0 Å². The minimum absolute atomic E-state index is 0.0162. The van der Waals surface area contributed by atoms with E-state index in [4.69, 9.17) is 9.47 Å². The fourth-order valence-corrected chi connectivity index (χ4v) is 4.02. The molecule has 1 aliphatic heterocycles. The Balaban J connectivity index is 1.48. The van der Waals surface area contributed by atoms with Crippen LogP contribution in [-0.4, -0.2) is 42.3 Å². The molecular formula is C25H25N3O4. The number of rotatable bonds is 6. The van der Waals surface area contributed by atoms with Gasteiger partial charge >= 0.3 is 5.97 Å². The van der Waals surface area contributed by atoms with Gasteiger partial charge in [-0.05, 0) is 23.8 Å². The summed E-state index contributed by atoms with van der Waals surface area (Å²) in [7, 11) is 3.38. The highest BCUT2D eigenvalue weighted by atomic mass is 16.5. The van der Waals surface area contributed by atoms with Gasteiger partial charge in [0, 0.05) is 29.9 Å². The van der Waals surface area contributed by atoms with Crippen LogP contribution in [0.1, 0.15) is 29.9 Å². The van der Waals surface area contributed by atoms with Crippen molar-refractivity contribution in [1.82, 2.24) is 9.78 Å². The first-order chi connectivity index (χ1) is 15.3. The van der Waals surface area contributed by atoms with Gasteiger partial charge in [-0.3, -0.25) is 4.79 Å². The standard InChI is InChI=1S/C25H25N3O4/c1-25(2)19-12-8-9-13-20(19)27(3)22(25)14-18(29)16-32-24(30)23-21(31-4)15-28(26-23)17-10-6-5-7-11-17/h5-15H,16H2,1-4H3/b22-14-. The maximum absolute atomic E-state index is 12.7. The SMILES string of the molecule is COc1cn(-c2ccccc2)nc1C(=O)OCC(=O)/C=C1\N(C)c2ccccc2C1(C)C. The normalized spacial score (nSPS) is 15.5. The predicted molar refractivity (Wildman–Crippen MR) is 121 cm³/mol. The molecule has 0 unspecified atom stereocenters. The summed E-state index contributed by atoms with van der Waals surface area (Å²) in [6.07, 6.45) is 3.15. The van der Waals surface area contributed by atoms with Crippen molar-refractivity contribution in [3.05, 3.63) is 83.8 Å². The number of carbonyl (C=O) groups excluding carboxylic acids is 2. The van der Waals surface area contributed by atoms with Gasteiger partial charge in [-0.2, -0.15) is 5.10 Å². The Hall–Kier alpha value is -3.87. The smallest absolute Gasteiger partial charge is 0.363 e. The van der Waals surface area contributed by atoms with Gasteiger partial charge in [0.05, 0.1) is 19.0 Å². The van der Waals surface area contributed by atoms with Gasteiger partial charge in [0.25, 0.3) is 0 Å². The minimum Gasteiger partial charge on any atom is -0.493 e. The van der Waals surface area contributed by atoms with Crippen molar-refractivity contribution in [1.29, 1.82) is 0 Å². The Morgan fingerprint density at radius 3 is 2.44 bits per heavy atom. The van der Waals surface area contributed by atoms with Crippen LogP contribution in [0.15, 0.2) is 72.6 Å². The number of likely N-dealkylation sites (N-methyl/N-ethyl adjacent to an activating group) is 1. The number of para-hydroxylation sites is 2. The number of ether oxygens (including phenoxy) is 2. The van der Waals surface area contributed by atoms with Gasteiger partial charge in [0.1, 0.15) is 0 Å². The lowest BCUT2D eigenvalue weighted by molar-refractivity contribution is -0.117. The number of carbonyl (C=O) groups is 2. The van der Waals surface area contributed by atoms with E-state index in [0.717, 1.165) is 22.6 Å². The lowest BCUT2D eigenvalue weighted by Crippen LogP contribution is -2.25. The van der Waals surface area contributed by atoms with Crippen molar-refractivity contribution in [2.45, 2.75) is 19.3 Å². The largest absolute Gasteiger partial charge is 0.493 e. The van der Waals surface area contributed by atoms with Crippen LogP contribution in [0, 0.1) is 0 Å². The quantitative estimate of drug-likeness (QED) is 0.435. The lowest BCUT2D eigenvalue weighted by Gasteiger charge is -2.23. The number of hydrogen-bond donors (Lipinski definition) is 0. The highest BCUT2D eigenvalue weighted by molar-refractivity contribution is 5.96. The van der Waals surface area contributed by atoms with E-state index in [1.807, 2.05) is 60.5 Å². The van der Waals surface area contributed by atoms with Gasteiger partial charge in [-0.1, -0.05) is 50.2 Å². The average Bonchev–Trinajstić information content (AvgIpc) is 3.32. The van der Waals surface area contributed by atoms with E-state index in [1.54, 1.807) is 12.3 Å². The van der Waals surface area contributed by atoms with E-state index in [-0.39, 0.29) is 29.2 Å². The van der Waals surface area contributed by atoms with Crippen molar-refractivity contribution in [3.63, 3.8) is 0 Å². The molecule has 0 amide bonds. The molecule has 0 saturated heterocycles. The molecule has 0 N–H and O–H groups in total. The van der Waals surface area contributed by atoms with E-state index in [1.165, 1.54) is 11.8 Å². The molecule has 0 atom stereocenters. The van der Waals surface area contributed by atoms with Gasteiger partial charge in [-0.25, -0.2) is 9.48 Å². The molecule has 7 heteroatoms. The zero-order chi connectivity index (χ0) is 22.9. The third-order valence-electron chi connectivity index (χ3n) is 5.70. The number of aromatic nitrogens is 2. The second kappa shape index (κ2) is 8.34. The van der Waals surface area contributed by atoms with Crippen LogP contribution in [0.5, 0.6) is 5.75 Å². The van der Waals surface area contributed by atoms with E-state index >= 15 is 0 Å². The summed E-state index contributed by atoms with van der Waals surface area (Å²) in [5.74, 6) is -0.745. The highest BCUT2D eigenvalue weighted by Crippen LogP contribution is 2.46. The van der Waals surface area contributed by atoms with Gasteiger partial charge < -0.3 is 14.4 Å². The molecule has 2 heterocycles. The molecule has 0 saturated carbocycles. The zero-order valence-electron chi connectivity index (χ0n) is 18.5. The number of esters is 1. The summed E-state index contributed by atoms with van der Waals surface area (Å²) in [6.45, 7) is 3.76. The Bertz CT molecular complexity index is 1190. The molecule has 0 aliphatic carbocycles. The van der Waals surface area contributed by atoms with Crippen LogP contribution >= 0.6 is 0 Å². The number of methoxy groups -OCH3 is 1. The first kappa shape index (κ1) is 21.4. The summed E-state index contributed by atoms with van der Waals surface area (Å²) < 4.78 is 12.1. The molecule has 0 fully saturated rings. The predicted octanol–water partition coefficient (Wildman–Crippen LogP) is 3.92. The first-order valence-electron chi connectivity index (χ1n) is 10.3. The van der Waals surface area contributed by atoms with Gasteiger partial charge in [0.15, 0.2) is 18.1 Å². The second-order valence-corrected chi connectivity index (χ2v) is 8.10. The summed E-state index contributed by atoms with van der Waals surface area (Å²) >= 11 is 0. The summed E-state index contributed by atoms with van der Waals surface area (Å²) in [6, 6.07) is 17.4. The van der Waals surface area contributed by atoms with Crippen LogP contribution in [0.4, 0.5) is 5.69 Å². The maximum atomic E-state index is 12.7. The summed E-state index contributed by atoms with van der Waals surface area (Å²) in [5, 5.41) is 4.28. The molecule has 4 rings (SSSR count). The molecular weight excluding hydrogens is 406 g/mol. The van der Waals surface area contributed by atoms with E-state index in [0.29, 0.717) is 0 Å². The Kier molecular flexibility index (Phi) is 5.57. The lowest BCUT2D eigenvalue weighted by atomic mass is 9.83. The minimum atomic E-state index is -0.717. The van der Waals surface area contributed by atoms with E-state index < -0.39 is 5.97 Å². The molecule has 2 aromatic carbocycles. The van der Waals surface area contributed by atoms with E-state index in [9.17, 15) is 9.59 Å². The van der Waals surface area contributed by atoms with E-state index in [2.05, 4.69) is 25.0 Å². The third kappa shape index (κ3) is 3.77. The third-order valence-corrected chi connectivity index (χ3v) is 5.70. The van der Waals surface area contributed by atoms with Crippen molar-refractivity contribution in [2.75, 3.05) is 25.7 Å². The topological polar surface area (TPSA) is 73.7 Å². The molecule has 0 radical (unpaired) electrons. The monoisotopic (exact) mass is 431 g/mol. The number of allylic oxidation sites excluding steroid dienone is 1. The fourth-order valence-electron chi connectivity index (χ4n) is 4.02. The van der Waals surface area contributed by atoms with Crippen LogP contribution in [-0.2, 0) is 14.9 Å². The number of fused-ring (bicyclic) bond motifs is 1. The van der Waals surface area contributed by atoms with Crippen LogP contribution in [0.3, 0.4) is 0 Å². The van der Waals surface area contributed by atoms with Gasteiger partial charge in [0.2, 0.25) is 5.69 Å². The molecule has 32 heavy (non-hydrogen) atoms. The molecule has 1 aliphatic rings. The molecule has 164 valence electrons. The summed E-state index contributed by atoms with van der Waals surface area (Å²) in [4.78, 5) is 27.3. The zero-order valence-corrected chi connectivity index (χ0v) is 18.5. The fraction of sp³-hybridized carbons (Fsp3) is 0.240. The summed E-state index contributed by atoms with van der Waals surface area (Å²) in [5.41, 5.74) is 3.52. The van der Waals surface area contributed by atoms with Gasteiger partial charge in [-0.15, -0.1) is 0 Å². The molecule has 7 nitrogen and oxygen atoms in total. The Morgan fingerprint density at radius 1 is 1.06 bits per heavy atom. The average molecular weight is 431 g/mol. The molecule has 0 spiro atoms.